The lowest BCUT2D eigenvalue weighted by Gasteiger charge is -2.07. The number of nitrogens with one attached hydrogen (secondary N) is 1. The molecular weight excluding hydrogens is 301 g/mol. The number of methoxy groups -OCH3 is 1. The van der Waals surface area contributed by atoms with Crippen LogP contribution in [0, 0.1) is 5.82 Å². The van der Waals surface area contributed by atoms with Crippen molar-refractivity contribution >= 4 is 21.7 Å². The highest BCUT2D eigenvalue weighted by Gasteiger charge is 2.04. The summed E-state index contributed by atoms with van der Waals surface area (Å²) in [7, 11) is 1.55. The van der Waals surface area contributed by atoms with Gasteiger partial charge in [0.05, 0.1) is 7.11 Å². The second-order valence-electron chi connectivity index (χ2n) is 3.54. The Bertz CT molecular complexity index is 551. The number of anilines is 1. The van der Waals surface area contributed by atoms with E-state index in [0.717, 1.165) is 5.56 Å². The number of nitrogens with zero attached hydrogens (tertiary/aromatic N) is 2. The number of rotatable bonds is 4. The fourth-order valence-corrected chi connectivity index (χ4v) is 1.71. The van der Waals surface area contributed by atoms with Gasteiger partial charge in [-0.3, -0.25) is 0 Å². The number of aromatic nitrogens is 2. The SMILES string of the molecule is COc1cc(CNc2ncc(Br)cc2F)ccn1. The molecule has 0 radical (unpaired) electrons. The molecule has 0 bridgehead atoms. The molecule has 2 rings (SSSR count). The molecule has 0 aromatic carbocycles. The van der Waals surface area contributed by atoms with Gasteiger partial charge in [-0.2, -0.15) is 0 Å². The van der Waals surface area contributed by atoms with E-state index < -0.39 is 5.82 Å². The molecule has 0 saturated carbocycles. The maximum Gasteiger partial charge on any atom is 0.213 e. The van der Waals surface area contributed by atoms with Crippen molar-refractivity contribution in [1.82, 2.24) is 9.97 Å². The predicted octanol–water partition coefficient (Wildman–Crippen LogP) is 3.00. The number of pyridine rings is 2. The molecule has 2 heterocycles. The Morgan fingerprint density at radius 3 is 2.94 bits per heavy atom. The predicted molar refractivity (Wildman–Crippen MR) is 70.0 cm³/mol. The van der Waals surface area contributed by atoms with Gasteiger partial charge in [-0.05, 0) is 33.6 Å². The summed E-state index contributed by atoms with van der Waals surface area (Å²) in [5.74, 6) is 0.345. The Hall–Kier alpha value is -1.69. The van der Waals surface area contributed by atoms with Crippen LogP contribution in [0.3, 0.4) is 0 Å². The van der Waals surface area contributed by atoms with Crippen LogP contribution in [0.4, 0.5) is 10.2 Å². The van der Waals surface area contributed by atoms with Crippen LogP contribution in [-0.4, -0.2) is 17.1 Å². The van der Waals surface area contributed by atoms with Crippen molar-refractivity contribution in [3.05, 3.63) is 46.4 Å². The number of hydrogen-bond acceptors (Lipinski definition) is 4. The van der Waals surface area contributed by atoms with Crippen molar-refractivity contribution < 1.29 is 9.13 Å². The van der Waals surface area contributed by atoms with Gasteiger partial charge in [0, 0.05) is 29.5 Å². The van der Waals surface area contributed by atoms with Gasteiger partial charge in [-0.25, -0.2) is 14.4 Å². The third-order valence-electron chi connectivity index (χ3n) is 2.28. The molecule has 0 amide bonds. The average molecular weight is 312 g/mol. The fourth-order valence-electron chi connectivity index (χ4n) is 1.40. The fraction of sp³-hybridized carbons (Fsp3) is 0.167. The molecule has 0 atom stereocenters. The van der Waals surface area contributed by atoms with Gasteiger partial charge in [-0.15, -0.1) is 0 Å². The molecule has 0 saturated heterocycles. The van der Waals surface area contributed by atoms with Crippen molar-refractivity contribution in [1.29, 1.82) is 0 Å². The third-order valence-corrected chi connectivity index (χ3v) is 2.71. The molecule has 0 spiro atoms. The highest BCUT2D eigenvalue weighted by molar-refractivity contribution is 9.10. The summed E-state index contributed by atoms with van der Waals surface area (Å²) in [6.07, 6.45) is 3.18. The highest BCUT2D eigenvalue weighted by atomic mass is 79.9. The maximum absolute atomic E-state index is 13.5. The lowest BCUT2D eigenvalue weighted by Crippen LogP contribution is -2.04. The molecule has 0 unspecified atom stereocenters. The van der Waals surface area contributed by atoms with Gasteiger partial charge < -0.3 is 10.1 Å². The monoisotopic (exact) mass is 311 g/mol. The number of halogens is 2. The lowest BCUT2D eigenvalue weighted by molar-refractivity contribution is 0.397. The van der Waals surface area contributed by atoms with Gasteiger partial charge in [-0.1, -0.05) is 0 Å². The molecule has 2 aromatic rings. The van der Waals surface area contributed by atoms with E-state index in [2.05, 4.69) is 31.2 Å². The Kier molecular flexibility index (Phi) is 4.09. The molecule has 0 aliphatic rings. The van der Waals surface area contributed by atoms with Crippen LogP contribution >= 0.6 is 15.9 Å². The minimum absolute atomic E-state index is 0.217. The first-order valence-electron chi connectivity index (χ1n) is 5.23. The van der Waals surface area contributed by atoms with Gasteiger partial charge in [0.15, 0.2) is 11.6 Å². The van der Waals surface area contributed by atoms with Crippen LogP contribution < -0.4 is 10.1 Å². The summed E-state index contributed by atoms with van der Waals surface area (Å²) in [5.41, 5.74) is 0.936. The zero-order valence-electron chi connectivity index (χ0n) is 9.65. The molecule has 6 heteroatoms. The molecule has 1 N–H and O–H groups in total. The first-order chi connectivity index (χ1) is 8.69. The molecule has 18 heavy (non-hydrogen) atoms. The Morgan fingerprint density at radius 2 is 2.22 bits per heavy atom. The zero-order valence-corrected chi connectivity index (χ0v) is 11.2. The Morgan fingerprint density at radius 1 is 1.39 bits per heavy atom. The first kappa shape index (κ1) is 12.8. The van der Waals surface area contributed by atoms with Crippen LogP contribution in [0.25, 0.3) is 0 Å². The van der Waals surface area contributed by atoms with Crippen LogP contribution in [0.5, 0.6) is 5.88 Å². The van der Waals surface area contributed by atoms with Gasteiger partial charge in [0.1, 0.15) is 0 Å². The van der Waals surface area contributed by atoms with E-state index in [1.54, 1.807) is 25.6 Å². The largest absolute Gasteiger partial charge is 0.481 e. The molecule has 2 aromatic heterocycles. The summed E-state index contributed by atoms with van der Waals surface area (Å²) in [6, 6.07) is 4.97. The van der Waals surface area contributed by atoms with Crippen LogP contribution in [0.2, 0.25) is 0 Å². The second-order valence-corrected chi connectivity index (χ2v) is 4.46. The van der Waals surface area contributed by atoms with Crippen molar-refractivity contribution in [2.24, 2.45) is 0 Å². The quantitative estimate of drug-likeness (QED) is 0.943. The summed E-state index contributed by atoms with van der Waals surface area (Å²) >= 11 is 3.16. The molecular formula is C12H11BrFN3O. The van der Waals surface area contributed by atoms with Gasteiger partial charge in [0.25, 0.3) is 0 Å². The van der Waals surface area contributed by atoms with E-state index in [-0.39, 0.29) is 5.82 Å². The molecule has 94 valence electrons. The van der Waals surface area contributed by atoms with Crippen molar-refractivity contribution in [3.63, 3.8) is 0 Å². The number of hydrogen-bond donors (Lipinski definition) is 1. The van der Waals surface area contributed by atoms with Gasteiger partial charge in [0.2, 0.25) is 5.88 Å². The van der Waals surface area contributed by atoms with E-state index in [4.69, 9.17) is 4.74 Å². The third kappa shape index (κ3) is 3.16. The van der Waals surface area contributed by atoms with Gasteiger partial charge >= 0.3 is 0 Å². The topological polar surface area (TPSA) is 47.0 Å². The highest BCUT2D eigenvalue weighted by Crippen LogP contribution is 2.17. The van der Waals surface area contributed by atoms with E-state index in [9.17, 15) is 4.39 Å². The van der Waals surface area contributed by atoms with Crippen LogP contribution in [0.1, 0.15) is 5.56 Å². The van der Waals surface area contributed by atoms with E-state index in [1.165, 1.54) is 6.07 Å². The van der Waals surface area contributed by atoms with Crippen LogP contribution in [-0.2, 0) is 6.54 Å². The van der Waals surface area contributed by atoms with Crippen molar-refractivity contribution in [3.8, 4) is 5.88 Å². The molecule has 0 aliphatic carbocycles. The van der Waals surface area contributed by atoms with Crippen molar-refractivity contribution in [2.45, 2.75) is 6.54 Å². The van der Waals surface area contributed by atoms with E-state index in [1.807, 2.05) is 6.07 Å². The summed E-state index contributed by atoms with van der Waals surface area (Å²) < 4.78 is 19.1. The minimum Gasteiger partial charge on any atom is -0.481 e. The van der Waals surface area contributed by atoms with Crippen LogP contribution in [0.15, 0.2) is 35.1 Å². The zero-order chi connectivity index (χ0) is 13.0. The molecule has 0 aliphatic heterocycles. The summed E-state index contributed by atoms with van der Waals surface area (Å²) in [4.78, 5) is 7.95. The summed E-state index contributed by atoms with van der Waals surface area (Å²) in [5, 5.41) is 2.92. The van der Waals surface area contributed by atoms with E-state index >= 15 is 0 Å². The maximum atomic E-state index is 13.5. The standard InChI is InChI=1S/C12H11BrFN3O/c1-18-11-4-8(2-3-15-11)6-16-12-10(14)5-9(13)7-17-12/h2-5,7H,6H2,1H3,(H,16,17). The summed E-state index contributed by atoms with van der Waals surface area (Å²) in [6.45, 7) is 0.449. The van der Waals surface area contributed by atoms with Crippen molar-refractivity contribution in [2.75, 3.05) is 12.4 Å². The second kappa shape index (κ2) is 5.77. The Balaban J connectivity index is 2.06. The minimum atomic E-state index is -0.398. The number of ether oxygens (including phenoxy) is 1. The normalized spacial score (nSPS) is 10.2. The lowest BCUT2D eigenvalue weighted by atomic mass is 10.2. The smallest absolute Gasteiger partial charge is 0.213 e. The Labute approximate surface area is 112 Å². The average Bonchev–Trinajstić information content (AvgIpc) is 2.38. The molecule has 4 nitrogen and oxygen atoms in total. The molecule has 0 fully saturated rings. The van der Waals surface area contributed by atoms with E-state index in [0.29, 0.717) is 16.9 Å². The first-order valence-corrected chi connectivity index (χ1v) is 6.02.